The number of hydrogen-bond donors (Lipinski definition) is 1. The lowest BCUT2D eigenvalue weighted by Gasteiger charge is -2.30. The van der Waals surface area contributed by atoms with Crippen LogP contribution in [-0.2, 0) is 9.53 Å². The molecule has 25 heavy (non-hydrogen) atoms. The highest BCUT2D eigenvalue weighted by atomic mass is 16.5. The monoisotopic (exact) mass is 346 g/mol. The molecule has 1 aromatic rings. The molecule has 2 aliphatic carbocycles. The number of esters is 1. The summed E-state index contributed by atoms with van der Waals surface area (Å²) in [4.78, 5) is 24.9. The third kappa shape index (κ3) is 3.91. The van der Waals surface area contributed by atoms with Gasteiger partial charge in [0.2, 0.25) is 0 Å². The molecule has 0 aliphatic heterocycles. The molecular formula is C20H30N2O3. The third-order valence-corrected chi connectivity index (χ3v) is 5.71. The highest BCUT2D eigenvalue weighted by Gasteiger charge is 2.30. The van der Waals surface area contributed by atoms with E-state index in [1.165, 1.54) is 19.3 Å². The Morgan fingerprint density at radius 2 is 1.88 bits per heavy atom. The minimum absolute atomic E-state index is 0.192. The van der Waals surface area contributed by atoms with Crippen LogP contribution in [0.15, 0.2) is 6.07 Å². The first-order valence-electron chi connectivity index (χ1n) is 9.58. The van der Waals surface area contributed by atoms with Crippen LogP contribution in [0.2, 0.25) is 0 Å². The van der Waals surface area contributed by atoms with Crippen LogP contribution in [0.5, 0.6) is 0 Å². The quantitative estimate of drug-likeness (QED) is 0.827. The molecule has 1 amide bonds. The van der Waals surface area contributed by atoms with Crippen molar-refractivity contribution in [3.8, 4) is 0 Å². The summed E-state index contributed by atoms with van der Waals surface area (Å²) >= 11 is 0. The fourth-order valence-electron chi connectivity index (χ4n) is 3.99. The van der Waals surface area contributed by atoms with Crippen molar-refractivity contribution in [2.75, 3.05) is 0 Å². The van der Waals surface area contributed by atoms with Gasteiger partial charge >= 0.3 is 5.97 Å². The van der Waals surface area contributed by atoms with Gasteiger partial charge in [0, 0.05) is 23.5 Å². The first-order valence-corrected chi connectivity index (χ1v) is 9.58. The number of carbonyl (C=O) groups excluding carboxylic acids is 2. The number of nitrogens with one attached hydrogen (secondary N) is 1. The van der Waals surface area contributed by atoms with E-state index in [9.17, 15) is 9.59 Å². The molecule has 0 aromatic carbocycles. The van der Waals surface area contributed by atoms with Crippen LogP contribution in [-0.4, -0.2) is 28.6 Å². The van der Waals surface area contributed by atoms with Crippen molar-refractivity contribution >= 4 is 11.9 Å². The molecule has 138 valence electrons. The molecule has 3 rings (SSSR count). The highest BCUT2D eigenvalue weighted by molar-refractivity contribution is 5.93. The van der Waals surface area contributed by atoms with Crippen LogP contribution in [0.1, 0.15) is 80.2 Å². The van der Waals surface area contributed by atoms with E-state index in [1.54, 1.807) is 6.92 Å². The van der Waals surface area contributed by atoms with Crippen molar-refractivity contribution in [3.63, 3.8) is 0 Å². The topological polar surface area (TPSA) is 60.3 Å². The highest BCUT2D eigenvalue weighted by Crippen LogP contribution is 2.38. The predicted octanol–water partition coefficient (Wildman–Crippen LogP) is 3.68. The summed E-state index contributed by atoms with van der Waals surface area (Å²) in [6, 6.07) is 2.60. The van der Waals surface area contributed by atoms with E-state index in [2.05, 4.69) is 16.8 Å². The van der Waals surface area contributed by atoms with E-state index in [0.717, 1.165) is 30.7 Å². The van der Waals surface area contributed by atoms with E-state index >= 15 is 0 Å². The molecule has 1 aromatic heterocycles. The first kappa shape index (κ1) is 18.0. The van der Waals surface area contributed by atoms with E-state index in [1.807, 2.05) is 19.9 Å². The number of rotatable bonds is 5. The zero-order valence-electron chi connectivity index (χ0n) is 15.8. The van der Waals surface area contributed by atoms with E-state index in [0.29, 0.717) is 17.5 Å². The maximum Gasteiger partial charge on any atom is 0.340 e. The molecule has 5 nitrogen and oxygen atoms in total. The molecule has 3 atom stereocenters. The zero-order valence-corrected chi connectivity index (χ0v) is 15.8. The van der Waals surface area contributed by atoms with Crippen LogP contribution >= 0.6 is 0 Å². The largest absolute Gasteiger partial charge is 0.449 e. The second kappa shape index (κ2) is 7.22. The second-order valence-corrected chi connectivity index (χ2v) is 7.81. The number of aryl methyl sites for hydroxylation is 1. The van der Waals surface area contributed by atoms with Gasteiger partial charge in [0.05, 0.1) is 5.56 Å². The molecule has 2 saturated carbocycles. The summed E-state index contributed by atoms with van der Waals surface area (Å²) < 4.78 is 7.67. The number of carbonyl (C=O) groups is 2. The van der Waals surface area contributed by atoms with Crippen LogP contribution in [0.3, 0.4) is 0 Å². The summed E-state index contributed by atoms with van der Waals surface area (Å²) in [5.41, 5.74) is 2.61. The van der Waals surface area contributed by atoms with Crippen molar-refractivity contribution in [2.45, 2.75) is 84.4 Å². The van der Waals surface area contributed by atoms with Gasteiger partial charge in [0.25, 0.3) is 5.91 Å². The summed E-state index contributed by atoms with van der Waals surface area (Å²) in [6.07, 6.45) is 6.10. The van der Waals surface area contributed by atoms with Gasteiger partial charge in [-0.1, -0.05) is 19.8 Å². The Labute approximate surface area is 150 Å². The number of amides is 1. The number of nitrogens with zero attached hydrogens (tertiary/aromatic N) is 1. The lowest BCUT2D eigenvalue weighted by Crippen LogP contribution is -2.46. The van der Waals surface area contributed by atoms with Crippen molar-refractivity contribution in [2.24, 2.45) is 5.92 Å². The van der Waals surface area contributed by atoms with Gasteiger partial charge in [-0.15, -0.1) is 0 Å². The molecule has 5 heteroatoms. The van der Waals surface area contributed by atoms with Crippen molar-refractivity contribution < 1.29 is 14.3 Å². The fourth-order valence-corrected chi connectivity index (χ4v) is 3.99. The summed E-state index contributed by atoms with van der Waals surface area (Å²) in [5.74, 6) is -0.111. The lowest BCUT2D eigenvalue weighted by molar-refractivity contribution is -0.130. The van der Waals surface area contributed by atoms with Crippen molar-refractivity contribution in [1.82, 2.24) is 9.88 Å². The minimum atomic E-state index is -0.773. The average Bonchev–Trinajstić information content (AvgIpc) is 3.34. The Morgan fingerprint density at radius 3 is 2.52 bits per heavy atom. The van der Waals surface area contributed by atoms with Gasteiger partial charge in [-0.05, 0) is 58.4 Å². The average molecular weight is 346 g/mol. The van der Waals surface area contributed by atoms with Crippen LogP contribution < -0.4 is 5.32 Å². The van der Waals surface area contributed by atoms with Crippen LogP contribution in [0.25, 0.3) is 0 Å². The smallest absolute Gasteiger partial charge is 0.340 e. The summed E-state index contributed by atoms with van der Waals surface area (Å²) in [7, 11) is 0. The van der Waals surface area contributed by atoms with Gasteiger partial charge in [0.1, 0.15) is 0 Å². The van der Waals surface area contributed by atoms with E-state index in [4.69, 9.17) is 4.74 Å². The molecule has 1 N–H and O–H groups in total. The molecule has 1 heterocycles. The van der Waals surface area contributed by atoms with Gasteiger partial charge in [0.15, 0.2) is 6.10 Å². The summed E-state index contributed by atoms with van der Waals surface area (Å²) in [5, 5.41) is 3.06. The van der Waals surface area contributed by atoms with E-state index < -0.39 is 12.1 Å². The Morgan fingerprint density at radius 1 is 1.20 bits per heavy atom. The first-order chi connectivity index (χ1) is 11.9. The maximum atomic E-state index is 12.5. The molecule has 0 saturated heterocycles. The van der Waals surface area contributed by atoms with Crippen molar-refractivity contribution in [1.29, 1.82) is 0 Å². The number of ether oxygens (including phenoxy) is 1. The van der Waals surface area contributed by atoms with Crippen molar-refractivity contribution in [3.05, 3.63) is 23.0 Å². The summed E-state index contributed by atoms with van der Waals surface area (Å²) in [6.45, 7) is 7.80. The molecule has 0 spiro atoms. The lowest BCUT2D eigenvalue weighted by atomic mass is 9.86. The third-order valence-electron chi connectivity index (χ3n) is 5.71. The second-order valence-electron chi connectivity index (χ2n) is 7.81. The molecule has 2 fully saturated rings. The Hall–Kier alpha value is -1.78. The van der Waals surface area contributed by atoms with Gasteiger partial charge in [-0.3, -0.25) is 4.79 Å². The fraction of sp³-hybridized carbons (Fsp3) is 0.700. The SMILES string of the molecule is Cc1cc(C(=O)O[C@H](C)C(=O)N[C@H]2CCCC[C@@H]2C)c(C)n1C1CC1. The normalized spacial score (nSPS) is 24.6. The number of aromatic nitrogens is 1. The van der Waals surface area contributed by atoms with Gasteiger partial charge in [-0.2, -0.15) is 0 Å². The maximum absolute atomic E-state index is 12.5. The molecular weight excluding hydrogens is 316 g/mol. The Bertz CT molecular complexity index is 660. The minimum Gasteiger partial charge on any atom is -0.449 e. The van der Waals surface area contributed by atoms with Crippen LogP contribution in [0, 0.1) is 19.8 Å². The molecule has 0 unspecified atom stereocenters. The van der Waals surface area contributed by atoms with E-state index in [-0.39, 0.29) is 11.9 Å². The predicted molar refractivity (Wildman–Crippen MR) is 96.6 cm³/mol. The molecule has 2 aliphatic rings. The number of hydrogen-bond acceptors (Lipinski definition) is 3. The molecule has 0 radical (unpaired) electrons. The Kier molecular flexibility index (Phi) is 5.21. The Balaban J connectivity index is 1.60. The van der Waals surface area contributed by atoms with Gasteiger partial charge in [-0.25, -0.2) is 4.79 Å². The van der Waals surface area contributed by atoms with Crippen LogP contribution in [0.4, 0.5) is 0 Å². The van der Waals surface area contributed by atoms with Gasteiger partial charge < -0.3 is 14.6 Å². The molecule has 0 bridgehead atoms. The zero-order chi connectivity index (χ0) is 18.1. The standard InChI is InChI=1S/C20H30N2O3/c1-12-7-5-6-8-18(12)21-19(23)15(4)25-20(24)17-11-13(2)22(14(17)3)16-9-10-16/h11-12,15-16,18H,5-10H2,1-4H3,(H,21,23)/t12-,15+,18-/m0/s1.